The molecule has 5 heteroatoms. The Morgan fingerprint density at radius 2 is 2.05 bits per heavy atom. The van der Waals surface area contributed by atoms with Crippen LogP contribution in [-0.2, 0) is 6.54 Å². The molecule has 1 atom stereocenters. The third kappa shape index (κ3) is 3.74. The van der Waals surface area contributed by atoms with Gasteiger partial charge in [0.2, 0.25) is 0 Å². The van der Waals surface area contributed by atoms with E-state index in [-0.39, 0.29) is 11.2 Å². The zero-order valence-electron chi connectivity index (χ0n) is 12.9. The van der Waals surface area contributed by atoms with E-state index in [1.807, 2.05) is 6.92 Å². The second-order valence-corrected chi connectivity index (χ2v) is 5.91. The zero-order chi connectivity index (χ0) is 15.4. The molecular weight excluding hydrogens is 289 g/mol. The molecule has 1 aromatic carbocycles. The quantitative estimate of drug-likeness (QED) is 0.714. The first kappa shape index (κ1) is 16.2. The Bertz CT molecular complexity index is 590. The van der Waals surface area contributed by atoms with Gasteiger partial charge in [0.25, 0.3) is 0 Å². The van der Waals surface area contributed by atoms with Crippen LogP contribution in [0.5, 0.6) is 0 Å². The van der Waals surface area contributed by atoms with Crippen molar-refractivity contribution >= 4 is 22.6 Å². The molecule has 1 unspecified atom stereocenters. The van der Waals surface area contributed by atoms with Crippen LogP contribution >= 0.6 is 11.6 Å². The van der Waals surface area contributed by atoms with E-state index in [0.717, 1.165) is 43.9 Å². The summed E-state index contributed by atoms with van der Waals surface area (Å²) >= 11 is 6.23. The van der Waals surface area contributed by atoms with E-state index in [4.69, 9.17) is 11.6 Å². The maximum atomic E-state index is 13.3. The second-order valence-electron chi connectivity index (χ2n) is 5.25. The summed E-state index contributed by atoms with van der Waals surface area (Å²) in [5, 5.41) is -0.186. The lowest BCUT2D eigenvalue weighted by molar-refractivity contribution is 0.293. The first-order chi connectivity index (χ1) is 10.1. The van der Waals surface area contributed by atoms with Crippen molar-refractivity contribution in [1.82, 2.24) is 14.5 Å². The number of hydrogen-bond donors (Lipinski definition) is 0. The Balaban J connectivity index is 2.22. The summed E-state index contributed by atoms with van der Waals surface area (Å²) in [6.07, 6.45) is 1.03. The van der Waals surface area contributed by atoms with Crippen molar-refractivity contribution in [2.24, 2.45) is 0 Å². The third-order valence-corrected chi connectivity index (χ3v) is 4.04. The fraction of sp³-hybridized carbons (Fsp3) is 0.562. The van der Waals surface area contributed by atoms with Crippen molar-refractivity contribution in [1.29, 1.82) is 0 Å². The maximum absolute atomic E-state index is 13.3. The predicted octanol–water partition coefficient (Wildman–Crippen LogP) is 4.21. The van der Waals surface area contributed by atoms with Gasteiger partial charge in [-0.05, 0) is 45.1 Å². The molecule has 0 radical (unpaired) electrons. The van der Waals surface area contributed by atoms with Gasteiger partial charge >= 0.3 is 0 Å². The number of halogens is 2. The predicted molar refractivity (Wildman–Crippen MR) is 86.4 cm³/mol. The number of fused-ring (bicyclic) bond motifs is 1. The van der Waals surface area contributed by atoms with Crippen molar-refractivity contribution in [3.8, 4) is 0 Å². The molecule has 0 aliphatic carbocycles. The van der Waals surface area contributed by atoms with Crippen molar-refractivity contribution < 1.29 is 4.39 Å². The van der Waals surface area contributed by atoms with Crippen LogP contribution in [0.2, 0.25) is 0 Å². The molecule has 21 heavy (non-hydrogen) atoms. The highest BCUT2D eigenvalue weighted by molar-refractivity contribution is 6.20. The molecule has 116 valence electrons. The van der Waals surface area contributed by atoms with E-state index in [1.165, 1.54) is 12.1 Å². The van der Waals surface area contributed by atoms with Gasteiger partial charge in [0.05, 0.1) is 16.4 Å². The van der Waals surface area contributed by atoms with Crippen LogP contribution in [0.25, 0.3) is 11.0 Å². The minimum absolute atomic E-state index is 0.186. The number of rotatable bonds is 7. The van der Waals surface area contributed by atoms with Crippen LogP contribution in [0, 0.1) is 5.82 Å². The van der Waals surface area contributed by atoms with E-state index in [9.17, 15) is 4.39 Å². The number of alkyl halides is 1. The van der Waals surface area contributed by atoms with Gasteiger partial charge in [-0.15, -0.1) is 11.6 Å². The number of benzene rings is 1. The fourth-order valence-electron chi connectivity index (χ4n) is 2.65. The fourth-order valence-corrected chi connectivity index (χ4v) is 2.82. The minimum atomic E-state index is -0.260. The number of aromatic nitrogens is 2. The summed E-state index contributed by atoms with van der Waals surface area (Å²) in [5.74, 6) is 0.556. The van der Waals surface area contributed by atoms with E-state index in [2.05, 4.69) is 28.3 Å². The number of nitrogens with zero attached hydrogens (tertiary/aromatic N) is 3. The summed E-state index contributed by atoms with van der Waals surface area (Å²) < 4.78 is 15.5. The summed E-state index contributed by atoms with van der Waals surface area (Å²) in [7, 11) is 0. The zero-order valence-corrected chi connectivity index (χ0v) is 13.7. The topological polar surface area (TPSA) is 21.1 Å². The lowest BCUT2D eigenvalue weighted by Crippen LogP contribution is -2.25. The summed E-state index contributed by atoms with van der Waals surface area (Å²) in [5.41, 5.74) is 1.64. The molecule has 0 saturated carbocycles. The lowest BCUT2D eigenvalue weighted by atomic mass is 10.3. The highest BCUT2D eigenvalue weighted by Gasteiger charge is 2.15. The van der Waals surface area contributed by atoms with Crippen LogP contribution in [0.4, 0.5) is 4.39 Å². The molecule has 3 nitrogen and oxygen atoms in total. The minimum Gasteiger partial charge on any atom is -0.327 e. The van der Waals surface area contributed by atoms with E-state index < -0.39 is 0 Å². The normalized spacial score (nSPS) is 13.2. The van der Waals surface area contributed by atoms with Gasteiger partial charge < -0.3 is 9.47 Å². The van der Waals surface area contributed by atoms with Gasteiger partial charge in [-0.2, -0.15) is 0 Å². The van der Waals surface area contributed by atoms with Gasteiger partial charge in [-0.1, -0.05) is 13.8 Å². The Labute approximate surface area is 130 Å². The second kappa shape index (κ2) is 7.23. The van der Waals surface area contributed by atoms with E-state index in [1.54, 1.807) is 6.07 Å². The average molecular weight is 312 g/mol. The highest BCUT2D eigenvalue weighted by Crippen LogP contribution is 2.25. The molecule has 1 heterocycles. The van der Waals surface area contributed by atoms with Crippen molar-refractivity contribution in [2.45, 2.75) is 39.1 Å². The number of imidazole rings is 1. The van der Waals surface area contributed by atoms with Gasteiger partial charge in [-0.25, -0.2) is 9.37 Å². The van der Waals surface area contributed by atoms with Crippen molar-refractivity contribution in [3.63, 3.8) is 0 Å². The van der Waals surface area contributed by atoms with Crippen LogP contribution in [-0.4, -0.2) is 34.1 Å². The number of aryl methyl sites for hydroxylation is 1. The molecule has 0 aliphatic rings. The van der Waals surface area contributed by atoms with Gasteiger partial charge in [0.1, 0.15) is 11.6 Å². The van der Waals surface area contributed by atoms with E-state index >= 15 is 0 Å². The molecular formula is C16H23ClFN3. The average Bonchev–Trinajstić information content (AvgIpc) is 2.81. The molecule has 0 aliphatic heterocycles. The lowest BCUT2D eigenvalue weighted by Gasteiger charge is -2.18. The van der Waals surface area contributed by atoms with Gasteiger partial charge in [0.15, 0.2) is 0 Å². The molecule has 1 aromatic heterocycles. The van der Waals surface area contributed by atoms with Gasteiger partial charge in [-0.3, -0.25) is 0 Å². The Morgan fingerprint density at radius 1 is 1.33 bits per heavy atom. The maximum Gasteiger partial charge on any atom is 0.127 e. The van der Waals surface area contributed by atoms with Crippen LogP contribution in [0.3, 0.4) is 0 Å². The molecule has 0 amide bonds. The largest absolute Gasteiger partial charge is 0.327 e. The summed E-state index contributed by atoms with van der Waals surface area (Å²) in [4.78, 5) is 6.88. The molecule has 0 fully saturated rings. The smallest absolute Gasteiger partial charge is 0.127 e. The monoisotopic (exact) mass is 311 g/mol. The molecule has 0 saturated heterocycles. The Morgan fingerprint density at radius 3 is 2.67 bits per heavy atom. The third-order valence-electron chi connectivity index (χ3n) is 3.85. The van der Waals surface area contributed by atoms with Crippen LogP contribution in [0.15, 0.2) is 18.2 Å². The van der Waals surface area contributed by atoms with Crippen molar-refractivity contribution in [2.75, 3.05) is 19.6 Å². The van der Waals surface area contributed by atoms with Gasteiger partial charge in [0, 0.05) is 12.6 Å². The SMILES string of the molecule is CCN(CC)CCCn1c(C(C)Cl)nc2cc(F)ccc21. The number of hydrogen-bond acceptors (Lipinski definition) is 2. The molecule has 2 aromatic rings. The van der Waals surface area contributed by atoms with Crippen LogP contribution < -0.4 is 0 Å². The van der Waals surface area contributed by atoms with Crippen molar-refractivity contribution in [3.05, 3.63) is 29.8 Å². The Kier molecular flexibility index (Phi) is 5.59. The summed E-state index contributed by atoms with van der Waals surface area (Å²) in [6, 6.07) is 4.74. The first-order valence-electron chi connectivity index (χ1n) is 7.58. The molecule has 0 bridgehead atoms. The molecule has 0 spiro atoms. The summed E-state index contributed by atoms with van der Waals surface area (Å²) in [6.45, 7) is 10.3. The van der Waals surface area contributed by atoms with Crippen LogP contribution in [0.1, 0.15) is 38.4 Å². The standard InChI is InChI=1S/C16H23ClFN3/c1-4-20(5-2)9-6-10-21-15-8-7-13(18)11-14(15)19-16(21)12(3)17/h7-8,11-12H,4-6,9-10H2,1-3H3. The van der Waals surface area contributed by atoms with E-state index in [0.29, 0.717) is 5.52 Å². The Hall–Kier alpha value is -1.13. The highest BCUT2D eigenvalue weighted by atomic mass is 35.5. The molecule has 2 rings (SSSR count). The first-order valence-corrected chi connectivity index (χ1v) is 8.02. The molecule has 0 N–H and O–H groups in total.